The molecule has 0 amide bonds. The molecule has 1 aromatic heterocycles. The molecule has 0 aliphatic carbocycles. The Hall–Kier alpha value is -1.12. The van der Waals surface area contributed by atoms with Crippen molar-refractivity contribution in [3.63, 3.8) is 0 Å². The lowest BCUT2D eigenvalue weighted by atomic mass is 9.91. The second-order valence-corrected chi connectivity index (χ2v) is 6.81. The molecule has 1 aromatic carbocycles. The minimum atomic E-state index is 0.334. The highest BCUT2D eigenvalue weighted by Crippen LogP contribution is 2.34. The first kappa shape index (κ1) is 16.3. The van der Waals surface area contributed by atoms with Gasteiger partial charge in [-0.05, 0) is 73.9 Å². The van der Waals surface area contributed by atoms with Crippen LogP contribution in [0.4, 0.5) is 0 Å². The monoisotopic (exact) mass is 301 g/mol. The van der Waals surface area contributed by atoms with Gasteiger partial charge in [0.15, 0.2) is 0 Å². The van der Waals surface area contributed by atoms with Crippen molar-refractivity contribution in [2.75, 3.05) is 6.54 Å². The third-order valence-electron chi connectivity index (χ3n) is 4.05. The van der Waals surface area contributed by atoms with E-state index in [9.17, 15) is 0 Å². The van der Waals surface area contributed by atoms with Gasteiger partial charge in [0, 0.05) is 4.88 Å². The molecule has 1 heterocycles. The van der Waals surface area contributed by atoms with Crippen molar-refractivity contribution in [1.29, 1.82) is 0 Å². The summed E-state index contributed by atoms with van der Waals surface area (Å²) in [6.07, 6.45) is 2.26. The lowest BCUT2D eigenvalue weighted by molar-refractivity contribution is 0.598. The first-order valence-corrected chi connectivity index (χ1v) is 8.83. The number of benzene rings is 1. The van der Waals surface area contributed by atoms with Crippen LogP contribution < -0.4 is 5.32 Å². The number of hydrogen-bond donors (Lipinski definition) is 1. The van der Waals surface area contributed by atoms with Crippen LogP contribution in [0.5, 0.6) is 0 Å². The molecule has 0 fully saturated rings. The summed E-state index contributed by atoms with van der Waals surface area (Å²) < 4.78 is 0. The molecule has 0 aliphatic heterocycles. The highest BCUT2D eigenvalue weighted by atomic mass is 32.1. The zero-order valence-corrected chi connectivity index (χ0v) is 14.7. The van der Waals surface area contributed by atoms with E-state index in [4.69, 9.17) is 0 Å². The van der Waals surface area contributed by atoms with Gasteiger partial charge in [-0.1, -0.05) is 31.5 Å². The van der Waals surface area contributed by atoms with Gasteiger partial charge in [0.1, 0.15) is 0 Å². The second-order valence-electron chi connectivity index (χ2n) is 5.86. The van der Waals surface area contributed by atoms with Crippen LogP contribution >= 0.6 is 11.3 Å². The Morgan fingerprint density at radius 3 is 2.33 bits per heavy atom. The third kappa shape index (κ3) is 3.56. The fourth-order valence-electron chi connectivity index (χ4n) is 3.15. The Morgan fingerprint density at radius 1 is 1.10 bits per heavy atom. The van der Waals surface area contributed by atoms with E-state index in [0.29, 0.717) is 6.04 Å². The van der Waals surface area contributed by atoms with Gasteiger partial charge in [0.25, 0.3) is 0 Å². The largest absolute Gasteiger partial charge is 0.306 e. The van der Waals surface area contributed by atoms with E-state index in [1.165, 1.54) is 32.7 Å². The summed E-state index contributed by atoms with van der Waals surface area (Å²) in [5, 5.41) is 6.00. The van der Waals surface area contributed by atoms with E-state index in [1.54, 1.807) is 0 Å². The number of thiophene rings is 1. The lowest BCUT2D eigenvalue weighted by Gasteiger charge is -2.24. The molecule has 1 atom stereocenters. The fraction of sp³-hybridized carbons (Fsp3) is 0.474. The maximum Gasteiger partial charge on any atom is 0.0678 e. The molecule has 0 bridgehead atoms. The van der Waals surface area contributed by atoms with E-state index in [2.05, 4.69) is 63.5 Å². The molecule has 0 saturated heterocycles. The molecule has 0 aliphatic rings. The van der Waals surface area contributed by atoms with Gasteiger partial charge >= 0.3 is 0 Å². The average Bonchev–Trinajstić information content (AvgIpc) is 2.89. The molecule has 0 saturated carbocycles. The number of hydrogen-bond acceptors (Lipinski definition) is 2. The van der Waals surface area contributed by atoms with E-state index < -0.39 is 0 Å². The summed E-state index contributed by atoms with van der Waals surface area (Å²) in [6.45, 7) is 12.2. The minimum absolute atomic E-state index is 0.334. The average molecular weight is 301 g/mol. The standard InChI is InChI=1S/C19H27NS/c1-6-9-20-18(19-16(7-2)8-10-21-19)17-14(4)11-13(3)12-15(17)5/h8,10-12,18,20H,6-7,9H2,1-5H3. The Labute approximate surface area is 133 Å². The molecular formula is C19H27NS. The van der Waals surface area contributed by atoms with Gasteiger partial charge in [-0.15, -0.1) is 11.3 Å². The van der Waals surface area contributed by atoms with Crippen LogP contribution in [0.3, 0.4) is 0 Å². The van der Waals surface area contributed by atoms with Crippen molar-refractivity contribution in [3.05, 3.63) is 56.3 Å². The topological polar surface area (TPSA) is 12.0 Å². The van der Waals surface area contributed by atoms with Crippen LogP contribution in [0.2, 0.25) is 0 Å². The second kappa shape index (κ2) is 7.24. The van der Waals surface area contributed by atoms with E-state index in [1.807, 2.05) is 11.3 Å². The van der Waals surface area contributed by atoms with Crippen LogP contribution in [0.25, 0.3) is 0 Å². The number of aryl methyl sites for hydroxylation is 4. The van der Waals surface area contributed by atoms with Gasteiger partial charge in [0.05, 0.1) is 6.04 Å². The van der Waals surface area contributed by atoms with Crippen molar-refractivity contribution in [2.24, 2.45) is 0 Å². The van der Waals surface area contributed by atoms with Crippen LogP contribution in [0.15, 0.2) is 23.6 Å². The van der Waals surface area contributed by atoms with Crippen molar-refractivity contribution < 1.29 is 0 Å². The number of rotatable bonds is 6. The van der Waals surface area contributed by atoms with Gasteiger partial charge in [-0.25, -0.2) is 0 Å². The molecule has 1 N–H and O–H groups in total. The van der Waals surface area contributed by atoms with Gasteiger partial charge < -0.3 is 5.32 Å². The molecule has 1 nitrogen and oxygen atoms in total. The molecular weight excluding hydrogens is 274 g/mol. The van der Waals surface area contributed by atoms with E-state index >= 15 is 0 Å². The van der Waals surface area contributed by atoms with E-state index in [-0.39, 0.29) is 0 Å². The Bertz CT molecular complexity index is 574. The summed E-state index contributed by atoms with van der Waals surface area (Å²) in [5.74, 6) is 0. The Morgan fingerprint density at radius 2 is 1.76 bits per heavy atom. The van der Waals surface area contributed by atoms with Gasteiger partial charge in [0.2, 0.25) is 0 Å². The highest BCUT2D eigenvalue weighted by molar-refractivity contribution is 7.10. The van der Waals surface area contributed by atoms with Crippen molar-refractivity contribution in [1.82, 2.24) is 5.32 Å². The maximum absolute atomic E-state index is 3.77. The van der Waals surface area contributed by atoms with Crippen molar-refractivity contribution in [2.45, 2.75) is 53.5 Å². The molecule has 2 aromatic rings. The predicted octanol–water partition coefficient (Wildman–Crippen LogP) is 5.32. The molecule has 2 rings (SSSR count). The smallest absolute Gasteiger partial charge is 0.0678 e. The highest BCUT2D eigenvalue weighted by Gasteiger charge is 2.21. The van der Waals surface area contributed by atoms with Crippen LogP contribution in [0, 0.1) is 20.8 Å². The third-order valence-corrected chi connectivity index (χ3v) is 5.07. The van der Waals surface area contributed by atoms with E-state index in [0.717, 1.165) is 19.4 Å². The first-order valence-electron chi connectivity index (χ1n) is 7.95. The van der Waals surface area contributed by atoms with Crippen LogP contribution in [-0.2, 0) is 6.42 Å². The summed E-state index contributed by atoms with van der Waals surface area (Å²) in [5.41, 5.74) is 7.09. The predicted molar refractivity (Wildman–Crippen MR) is 94.5 cm³/mol. The quantitative estimate of drug-likeness (QED) is 0.761. The zero-order chi connectivity index (χ0) is 15.4. The van der Waals surface area contributed by atoms with Crippen LogP contribution in [-0.4, -0.2) is 6.54 Å². The van der Waals surface area contributed by atoms with Gasteiger partial charge in [-0.3, -0.25) is 0 Å². The first-order chi connectivity index (χ1) is 10.1. The molecule has 21 heavy (non-hydrogen) atoms. The Balaban J connectivity index is 2.51. The van der Waals surface area contributed by atoms with Crippen molar-refractivity contribution in [3.8, 4) is 0 Å². The molecule has 1 unspecified atom stereocenters. The SMILES string of the molecule is CCCNC(c1sccc1CC)c1c(C)cc(C)cc1C. The Kier molecular flexibility index (Phi) is 5.60. The van der Waals surface area contributed by atoms with Gasteiger partial charge in [-0.2, -0.15) is 0 Å². The normalized spacial score (nSPS) is 12.6. The molecule has 0 radical (unpaired) electrons. The summed E-state index contributed by atoms with van der Waals surface area (Å²) >= 11 is 1.89. The van der Waals surface area contributed by atoms with Crippen molar-refractivity contribution >= 4 is 11.3 Å². The summed E-state index contributed by atoms with van der Waals surface area (Å²) in [6, 6.07) is 7.23. The molecule has 114 valence electrons. The molecule has 0 spiro atoms. The summed E-state index contributed by atoms with van der Waals surface area (Å²) in [4.78, 5) is 1.49. The lowest BCUT2D eigenvalue weighted by Crippen LogP contribution is -2.25. The minimum Gasteiger partial charge on any atom is -0.306 e. The zero-order valence-electron chi connectivity index (χ0n) is 13.9. The van der Waals surface area contributed by atoms with Crippen LogP contribution in [0.1, 0.15) is 59.0 Å². The summed E-state index contributed by atoms with van der Waals surface area (Å²) in [7, 11) is 0. The number of nitrogens with one attached hydrogen (secondary N) is 1. The fourth-order valence-corrected chi connectivity index (χ4v) is 4.23. The molecule has 2 heteroatoms. The maximum atomic E-state index is 3.77.